The summed E-state index contributed by atoms with van der Waals surface area (Å²) in [5.74, 6) is 0.423. The first kappa shape index (κ1) is 11.5. The zero-order valence-corrected chi connectivity index (χ0v) is 9.23. The molecule has 1 aliphatic heterocycles. The first-order valence-corrected chi connectivity index (χ1v) is 5.24. The van der Waals surface area contributed by atoms with Gasteiger partial charge in [-0.3, -0.25) is 9.80 Å². The lowest BCUT2D eigenvalue weighted by molar-refractivity contribution is -0.142. The van der Waals surface area contributed by atoms with E-state index < -0.39 is 0 Å². The van der Waals surface area contributed by atoms with Crippen molar-refractivity contribution < 1.29 is 9.90 Å². The SMILES string of the molecule is CC(CO)CN1CCC(=O)N1C(C)C. The van der Waals surface area contributed by atoms with Gasteiger partial charge in [-0.05, 0) is 19.8 Å². The Balaban J connectivity index is 2.56. The number of carbonyl (C=O) groups is 1. The summed E-state index contributed by atoms with van der Waals surface area (Å²) in [5, 5.41) is 12.8. The average Bonchev–Trinajstić information content (AvgIpc) is 2.46. The highest BCUT2D eigenvalue weighted by molar-refractivity contribution is 5.77. The van der Waals surface area contributed by atoms with Crippen molar-refractivity contribution in [3.05, 3.63) is 0 Å². The van der Waals surface area contributed by atoms with E-state index in [1.54, 1.807) is 0 Å². The normalized spacial score (nSPS) is 20.9. The van der Waals surface area contributed by atoms with Crippen molar-refractivity contribution in [3.8, 4) is 0 Å². The predicted octanol–water partition coefficient (Wildman–Crippen LogP) is 0.472. The second-order valence-corrected chi connectivity index (χ2v) is 4.28. The molecule has 0 bridgehead atoms. The van der Waals surface area contributed by atoms with Crippen LogP contribution in [0.2, 0.25) is 0 Å². The van der Waals surface area contributed by atoms with Crippen LogP contribution in [0.4, 0.5) is 0 Å². The van der Waals surface area contributed by atoms with Gasteiger partial charge < -0.3 is 5.11 Å². The van der Waals surface area contributed by atoms with Gasteiger partial charge in [-0.25, -0.2) is 5.01 Å². The maximum atomic E-state index is 11.5. The molecule has 82 valence electrons. The smallest absolute Gasteiger partial charge is 0.238 e. The van der Waals surface area contributed by atoms with Crippen LogP contribution in [0.15, 0.2) is 0 Å². The van der Waals surface area contributed by atoms with Crippen molar-refractivity contribution in [3.63, 3.8) is 0 Å². The van der Waals surface area contributed by atoms with Gasteiger partial charge in [-0.15, -0.1) is 0 Å². The summed E-state index contributed by atoms with van der Waals surface area (Å²) in [7, 11) is 0. The quantitative estimate of drug-likeness (QED) is 0.717. The van der Waals surface area contributed by atoms with E-state index >= 15 is 0 Å². The van der Waals surface area contributed by atoms with Crippen molar-refractivity contribution >= 4 is 5.91 Å². The van der Waals surface area contributed by atoms with Crippen molar-refractivity contribution in [2.75, 3.05) is 19.7 Å². The number of nitrogens with zero attached hydrogens (tertiary/aromatic N) is 2. The van der Waals surface area contributed by atoms with Crippen molar-refractivity contribution in [1.82, 2.24) is 10.0 Å². The van der Waals surface area contributed by atoms with Gasteiger partial charge in [0.25, 0.3) is 0 Å². The van der Waals surface area contributed by atoms with Gasteiger partial charge >= 0.3 is 0 Å². The molecule has 1 aliphatic rings. The minimum absolute atomic E-state index is 0.177. The zero-order valence-electron chi connectivity index (χ0n) is 9.23. The third-order valence-corrected chi connectivity index (χ3v) is 2.47. The molecule has 0 aromatic heterocycles. The monoisotopic (exact) mass is 200 g/mol. The zero-order chi connectivity index (χ0) is 10.7. The molecule has 0 aromatic rings. The summed E-state index contributed by atoms with van der Waals surface area (Å²) in [4.78, 5) is 11.5. The highest BCUT2D eigenvalue weighted by Gasteiger charge is 2.31. The molecule has 1 fully saturated rings. The molecule has 0 saturated carbocycles. The van der Waals surface area contributed by atoms with Gasteiger partial charge in [0.15, 0.2) is 0 Å². The van der Waals surface area contributed by atoms with E-state index in [0.29, 0.717) is 6.42 Å². The molecule has 1 saturated heterocycles. The molecule has 1 rings (SSSR count). The second kappa shape index (κ2) is 4.75. The van der Waals surface area contributed by atoms with Crippen LogP contribution >= 0.6 is 0 Å². The average molecular weight is 200 g/mol. The minimum atomic E-state index is 0.177. The van der Waals surface area contributed by atoms with Gasteiger partial charge in [0, 0.05) is 32.2 Å². The first-order chi connectivity index (χ1) is 6.56. The fourth-order valence-electron chi connectivity index (χ4n) is 1.82. The minimum Gasteiger partial charge on any atom is -0.396 e. The number of carbonyl (C=O) groups excluding carboxylic acids is 1. The van der Waals surface area contributed by atoms with Gasteiger partial charge in [0.1, 0.15) is 0 Å². The Bertz CT molecular complexity index is 206. The fraction of sp³-hybridized carbons (Fsp3) is 0.900. The van der Waals surface area contributed by atoms with Gasteiger partial charge in [-0.1, -0.05) is 6.92 Å². The summed E-state index contributed by atoms with van der Waals surface area (Å²) < 4.78 is 0. The Morgan fingerprint density at radius 2 is 2.07 bits per heavy atom. The third-order valence-electron chi connectivity index (χ3n) is 2.47. The Morgan fingerprint density at radius 3 is 2.57 bits per heavy atom. The van der Waals surface area contributed by atoms with E-state index in [2.05, 4.69) is 0 Å². The topological polar surface area (TPSA) is 43.8 Å². The van der Waals surface area contributed by atoms with E-state index in [0.717, 1.165) is 13.1 Å². The van der Waals surface area contributed by atoms with E-state index in [-0.39, 0.29) is 24.5 Å². The Hall–Kier alpha value is -0.610. The Labute approximate surface area is 85.5 Å². The second-order valence-electron chi connectivity index (χ2n) is 4.28. The molecule has 0 radical (unpaired) electrons. The highest BCUT2D eigenvalue weighted by Crippen LogP contribution is 2.16. The third kappa shape index (κ3) is 2.45. The number of aliphatic hydroxyl groups is 1. The number of hydrazine groups is 1. The molecule has 0 spiro atoms. The van der Waals surface area contributed by atoms with E-state index in [9.17, 15) is 4.79 Å². The lowest BCUT2D eigenvalue weighted by Crippen LogP contribution is -2.45. The summed E-state index contributed by atoms with van der Waals surface area (Å²) in [6.07, 6.45) is 0.607. The van der Waals surface area contributed by atoms with Crippen LogP contribution in [0.25, 0.3) is 0 Å². The van der Waals surface area contributed by atoms with E-state index in [1.807, 2.05) is 30.8 Å². The molecule has 14 heavy (non-hydrogen) atoms. The van der Waals surface area contributed by atoms with Crippen LogP contribution in [0.3, 0.4) is 0 Å². The summed E-state index contributed by atoms with van der Waals surface area (Å²) in [5.41, 5.74) is 0. The number of hydrogen-bond acceptors (Lipinski definition) is 3. The van der Waals surface area contributed by atoms with E-state index in [4.69, 9.17) is 5.11 Å². The van der Waals surface area contributed by atoms with Crippen molar-refractivity contribution in [1.29, 1.82) is 0 Å². The number of amides is 1. The number of hydrogen-bond donors (Lipinski definition) is 1. The molecule has 0 aromatic carbocycles. The maximum absolute atomic E-state index is 11.5. The molecular formula is C10H20N2O2. The van der Waals surface area contributed by atoms with Gasteiger partial charge in [-0.2, -0.15) is 0 Å². The summed E-state index contributed by atoms with van der Waals surface area (Å²) in [6.45, 7) is 7.75. The molecule has 1 atom stereocenters. The number of rotatable bonds is 4. The summed E-state index contributed by atoms with van der Waals surface area (Å²) in [6, 6.07) is 0.218. The van der Waals surface area contributed by atoms with Crippen molar-refractivity contribution in [2.24, 2.45) is 5.92 Å². The van der Waals surface area contributed by atoms with Crippen LogP contribution in [0, 0.1) is 5.92 Å². The maximum Gasteiger partial charge on any atom is 0.238 e. The molecule has 1 N–H and O–H groups in total. The van der Waals surface area contributed by atoms with Crippen LogP contribution < -0.4 is 0 Å². The van der Waals surface area contributed by atoms with E-state index in [1.165, 1.54) is 0 Å². The molecule has 4 nitrogen and oxygen atoms in total. The Morgan fingerprint density at radius 1 is 1.43 bits per heavy atom. The lowest BCUT2D eigenvalue weighted by Gasteiger charge is -2.32. The molecule has 1 unspecified atom stereocenters. The van der Waals surface area contributed by atoms with Crippen LogP contribution in [0.1, 0.15) is 27.2 Å². The summed E-state index contributed by atoms with van der Waals surface area (Å²) >= 11 is 0. The highest BCUT2D eigenvalue weighted by atomic mass is 16.3. The largest absolute Gasteiger partial charge is 0.396 e. The molecule has 1 amide bonds. The predicted molar refractivity (Wildman–Crippen MR) is 54.4 cm³/mol. The number of aliphatic hydroxyl groups excluding tert-OH is 1. The Kier molecular flexibility index (Phi) is 3.89. The molecule has 1 heterocycles. The van der Waals surface area contributed by atoms with Crippen LogP contribution in [-0.2, 0) is 4.79 Å². The lowest BCUT2D eigenvalue weighted by atomic mass is 10.2. The van der Waals surface area contributed by atoms with Gasteiger partial charge in [0.05, 0.1) is 0 Å². The van der Waals surface area contributed by atoms with Crippen LogP contribution in [0.5, 0.6) is 0 Å². The fourth-order valence-corrected chi connectivity index (χ4v) is 1.82. The molecule has 0 aliphatic carbocycles. The van der Waals surface area contributed by atoms with Gasteiger partial charge in [0.2, 0.25) is 5.91 Å². The first-order valence-electron chi connectivity index (χ1n) is 5.24. The molecular weight excluding hydrogens is 180 g/mol. The van der Waals surface area contributed by atoms with Crippen molar-refractivity contribution in [2.45, 2.75) is 33.2 Å². The standard InChI is InChI=1S/C10H20N2O2/c1-8(2)12-10(14)4-5-11(12)6-9(3)7-13/h8-9,13H,4-7H2,1-3H3. The van der Waals surface area contributed by atoms with Crippen LogP contribution in [-0.4, -0.2) is 46.8 Å². The molecule has 4 heteroatoms.